The summed E-state index contributed by atoms with van der Waals surface area (Å²) in [5, 5.41) is 0. The molecule has 0 aromatic carbocycles. The van der Waals surface area contributed by atoms with E-state index in [-0.39, 0.29) is 0 Å². The van der Waals surface area contributed by atoms with Gasteiger partial charge in [0, 0.05) is 0 Å². The molecule has 1 unspecified atom stereocenters. The third-order valence-electron chi connectivity index (χ3n) is 1.03. The predicted molar refractivity (Wildman–Crippen MR) is 31.3 cm³/mol. The number of nitrogens with one attached hydrogen (secondary N) is 1. The molecule has 0 saturated heterocycles. The Bertz CT molecular complexity index is 64.3. The van der Waals surface area contributed by atoms with Crippen LogP contribution in [0.5, 0.6) is 0 Å². The lowest BCUT2D eigenvalue weighted by Crippen LogP contribution is -2.51. The average Bonchev–Trinajstić information content (AvgIpc) is 1.67. The van der Waals surface area contributed by atoms with E-state index in [0.717, 1.165) is 6.42 Å². The number of hydrogen-bond acceptors (Lipinski definition) is 4. The van der Waals surface area contributed by atoms with Crippen LogP contribution in [0.3, 0.4) is 0 Å². The van der Waals surface area contributed by atoms with Gasteiger partial charge in [0.05, 0.1) is 5.66 Å². The van der Waals surface area contributed by atoms with Crippen molar-refractivity contribution in [2.75, 3.05) is 0 Å². The van der Waals surface area contributed by atoms with E-state index in [1.807, 2.05) is 6.92 Å². The lowest BCUT2D eigenvalue weighted by atomic mass is 10.2. The van der Waals surface area contributed by atoms with Gasteiger partial charge in [-0.15, -0.1) is 0 Å². The van der Waals surface area contributed by atoms with Gasteiger partial charge in [0.1, 0.15) is 0 Å². The van der Waals surface area contributed by atoms with Crippen molar-refractivity contribution in [3.63, 3.8) is 0 Å². The van der Waals surface area contributed by atoms with Crippen LogP contribution in [-0.2, 0) is 4.94 Å². The van der Waals surface area contributed by atoms with Crippen molar-refractivity contribution in [1.82, 2.24) is 5.48 Å². The largest absolute Gasteiger partial charge is 0.312 e. The lowest BCUT2D eigenvalue weighted by Gasteiger charge is -2.21. The fourth-order valence-electron chi connectivity index (χ4n) is 0.207. The molecule has 0 radical (unpaired) electrons. The van der Waals surface area contributed by atoms with Crippen molar-refractivity contribution in [2.45, 2.75) is 25.9 Å². The van der Waals surface area contributed by atoms with Gasteiger partial charge in [-0.2, -0.15) is 11.4 Å². The summed E-state index contributed by atoms with van der Waals surface area (Å²) in [5.41, 5.74) is 7.43. The van der Waals surface area contributed by atoms with Gasteiger partial charge in [-0.05, 0) is 13.3 Å². The third kappa shape index (κ3) is 2.92. The maximum atomic E-state index is 5.51. The molecular formula is C4H13N3O. The minimum Gasteiger partial charge on any atom is -0.312 e. The molecule has 0 fully saturated rings. The van der Waals surface area contributed by atoms with Crippen molar-refractivity contribution < 1.29 is 4.94 Å². The molecular weight excluding hydrogens is 106 g/mol. The summed E-state index contributed by atoms with van der Waals surface area (Å²) >= 11 is 0. The number of nitrogens with two attached hydrogens (primary N) is 2. The second-order valence-electron chi connectivity index (χ2n) is 1.99. The fraction of sp³-hybridized carbons (Fsp3) is 1.00. The van der Waals surface area contributed by atoms with Crippen molar-refractivity contribution >= 4 is 0 Å². The molecule has 0 aromatic heterocycles. The predicted octanol–water partition coefficient (Wildman–Crippen LogP) is -0.534. The van der Waals surface area contributed by atoms with Crippen molar-refractivity contribution in [3.05, 3.63) is 0 Å². The molecule has 4 heteroatoms. The van der Waals surface area contributed by atoms with Gasteiger partial charge < -0.3 is 5.73 Å². The summed E-state index contributed by atoms with van der Waals surface area (Å²) in [6.45, 7) is 3.73. The monoisotopic (exact) mass is 119 g/mol. The first-order chi connectivity index (χ1) is 3.62. The standard InChI is InChI=1S/C4H13N3O/c1-3-4(2,5)7-8-6/h7H,3,5-6H2,1-2H3. The van der Waals surface area contributed by atoms with E-state index in [1.165, 1.54) is 0 Å². The summed E-state index contributed by atoms with van der Waals surface area (Å²) in [4.78, 5) is 4.12. The highest BCUT2D eigenvalue weighted by molar-refractivity contribution is 4.66. The van der Waals surface area contributed by atoms with Crippen molar-refractivity contribution in [2.24, 2.45) is 11.6 Å². The van der Waals surface area contributed by atoms with Crippen LogP contribution in [0, 0.1) is 0 Å². The molecule has 0 aliphatic carbocycles. The van der Waals surface area contributed by atoms with Crippen molar-refractivity contribution in [1.29, 1.82) is 0 Å². The molecule has 0 aliphatic heterocycles. The second-order valence-corrected chi connectivity index (χ2v) is 1.99. The van der Waals surface area contributed by atoms with E-state index in [1.54, 1.807) is 6.92 Å². The zero-order valence-corrected chi connectivity index (χ0v) is 5.27. The molecule has 50 valence electrons. The summed E-state index contributed by atoms with van der Waals surface area (Å²) in [6, 6.07) is 0. The fourth-order valence-corrected chi connectivity index (χ4v) is 0.207. The first-order valence-corrected chi connectivity index (χ1v) is 2.54. The topological polar surface area (TPSA) is 73.3 Å². The van der Waals surface area contributed by atoms with E-state index in [0.29, 0.717) is 0 Å². The molecule has 4 nitrogen and oxygen atoms in total. The van der Waals surface area contributed by atoms with Gasteiger partial charge in [0.15, 0.2) is 0 Å². The molecule has 0 heterocycles. The number of hydroxylamine groups is 1. The van der Waals surface area contributed by atoms with E-state index in [9.17, 15) is 0 Å². The Labute approximate surface area is 49.1 Å². The summed E-state index contributed by atoms with van der Waals surface area (Å²) in [7, 11) is 0. The SMILES string of the molecule is CCC(C)(N)NON. The Morgan fingerprint density at radius 1 is 1.75 bits per heavy atom. The Kier molecular flexibility index (Phi) is 2.93. The molecule has 0 amide bonds. The van der Waals surface area contributed by atoms with Crippen LogP contribution in [0.2, 0.25) is 0 Å². The Morgan fingerprint density at radius 3 is 2.38 bits per heavy atom. The molecule has 0 aromatic rings. The zero-order valence-electron chi connectivity index (χ0n) is 5.27. The minimum atomic E-state index is -0.505. The van der Waals surface area contributed by atoms with E-state index in [2.05, 4.69) is 10.4 Å². The van der Waals surface area contributed by atoms with E-state index >= 15 is 0 Å². The van der Waals surface area contributed by atoms with Crippen LogP contribution in [0.15, 0.2) is 0 Å². The number of rotatable bonds is 3. The van der Waals surface area contributed by atoms with Gasteiger partial charge in [0.2, 0.25) is 0 Å². The van der Waals surface area contributed by atoms with Gasteiger partial charge >= 0.3 is 0 Å². The highest BCUT2D eigenvalue weighted by Crippen LogP contribution is 1.96. The highest BCUT2D eigenvalue weighted by atomic mass is 16.8. The van der Waals surface area contributed by atoms with Gasteiger partial charge in [-0.1, -0.05) is 6.92 Å². The number of hydrogen-bond donors (Lipinski definition) is 3. The molecule has 0 spiro atoms. The highest BCUT2D eigenvalue weighted by Gasteiger charge is 2.13. The van der Waals surface area contributed by atoms with Crippen LogP contribution in [0.25, 0.3) is 0 Å². The molecule has 0 rings (SSSR count). The van der Waals surface area contributed by atoms with E-state index in [4.69, 9.17) is 11.6 Å². The quantitative estimate of drug-likeness (QED) is 0.345. The first kappa shape index (κ1) is 7.84. The Morgan fingerprint density at radius 2 is 2.25 bits per heavy atom. The Balaban J connectivity index is 3.37. The van der Waals surface area contributed by atoms with Crippen molar-refractivity contribution in [3.8, 4) is 0 Å². The van der Waals surface area contributed by atoms with Gasteiger partial charge in [-0.3, -0.25) is 0 Å². The molecule has 1 atom stereocenters. The maximum absolute atomic E-state index is 5.51. The second kappa shape index (κ2) is 2.99. The summed E-state index contributed by atoms with van der Waals surface area (Å²) in [5.74, 6) is 4.70. The maximum Gasteiger partial charge on any atom is 0.0885 e. The first-order valence-electron chi connectivity index (χ1n) is 2.54. The molecule has 5 N–H and O–H groups in total. The van der Waals surface area contributed by atoms with Crippen LogP contribution in [0.4, 0.5) is 0 Å². The lowest BCUT2D eigenvalue weighted by molar-refractivity contribution is -0.0189. The molecule has 0 saturated carbocycles. The molecule has 0 aliphatic rings. The van der Waals surface area contributed by atoms with Crippen LogP contribution in [0.1, 0.15) is 20.3 Å². The third-order valence-corrected chi connectivity index (χ3v) is 1.03. The smallest absolute Gasteiger partial charge is 0.0885 e. The van der Waals surface area contributed by atoms with E-state index < -0.39 is 5.66 Å². The Hall–Kier alpha value is -0.160. The van der Waals surface area contributed by atoms with Crippen LogP contribution in [-0.4, -0.2) is 5.66 Å². The normalized spacial score (nSPS) is 18.0. The van der Waals surface area contributed by atoms with Crippen LogP contribution < -0.4 is 17.1 Å². The zero-order chi connectivity index (χ0) is 6.62. The minimum absolute atomic E-state index is 0.505. The van der Waals surface area contributed by atoms with Crippen LogP contribution >= 0.6 is 0 Å². The summed E-state index contributed by atoms with van der Waals surface area (Å²) < 4.78 is 0. The molecule has 8 heavy (non-hydrogen) atoms. The molecule has 0 bridgehead atoms. The average molecular weight is 119 g/mol. The van der Waals surface area contributed by atoms with Gasteiger partial charge in [0.25, 0.3) is 0 Å². The summed E-state index contributed by atoms with van der Waals surface area (Å²) in [6.07, 6.45) is 0.768. The van der Waals surface area contributed by atoms with Gasteiger partial charge in [-0.25, -0.2) is 4.94 Å².